The van der Waals surface area contributed by atoms with Crippen LogP contribution in [0.2, 0.25) is 0 Å². The molecular formula is C25H24N4O6S2. The predicted octanol–water partition coefficient (Wildman–Crippen LogP) is 3.87. The van der Waals surface area contributed by atoms with Crippen molar-refractivity contribution >= 4 is 54.9 Å². The first-order valence-electron chi connectivity index (χ1n) is 11.2. The molecule has 4 rings (SSSR count). The fourth-order valence-corrected chi connectivity index (χ4v) is 6.35. The van der Waals surface area contributed by atoms with Crippen LogP contribution in [0.3, 0.4) is 0 Å². The van der Waals surface area contributed by atoms with E-state index in [1.54, 1.807) is 44.2 Å². The number of sulfone groups is 1. The van der Waals surface area contributed by atoms with Crippen molar-refractivity contribution in [2.24, 2.45) is 16.0 Å². The number of aliphatic imine (C=N–C) groups is 1. The number of fused-ring (bicyclic) bond motifs is 1. The molecule has 2 aliphatic heterocycles. The molecule has 2 aromatic carbocycles. The fourth-order valence-electron chi connectivity index (χ4n) is 3.57. The number of hydrazone groups is 1. The number of benzene rings is 2. The Balaban J connectivity index is 1.59. The van der Waals surface area contributed by atoms with E-state index >= 15 is 0 Å². The number of carbonyl (C=O) groups is 2. The molecule has 2 heterocycles. The van der Waals surface area contributed by atoms with Crippen molar-refractivity contribution in [1.29, 1.82) is 5.41 Å². The first-order chi connectivity index (χ1) is 17.5. The normalized spacial score (nSPS) is 16.6. The minimum Gasteiger partial charge on any atom is -0.493 e. The maximum Gasteiger partial charge on any atom is 0.343 e. The molecule has 192 valence electrons. The van der Waals surface area contributed by atoms with Gasteiger partial charge in [-0.2, -0.15) is 10.0 Å². The van der Waals surface area contributed by atoms with E-state index in [0.717, 1.165) is 22.3 Å². The van der Waals surface area contributed by atoms with Gasteiger partial charge in [0.05, 0.1) is 24.0 Å². The van der Waals surface area contributed by atoms with E-state index in [1.165, 1.54) is 19.3 Å². The number of amides is 1. The molecule has 0 fully saturated rings. The molecule has 0 aromatic heterocycles. The molecule has 12 heteroatoms. The van der Waals surface area contributed by atoms with Crippen LogP contribution in [0, 0.1) is 18.3 Å². The zero-order chi connectivity index (χ0) is 26.9. The van der Waals surface area contributed by atoms with Crippen molar-refractivity contribution in [1.82, 2.24) is 5.01 Å². The highest BCUT2D eigenvalue weighted by atomic mass is 32.3. The third kappa shape index (κ3) is 5.65. The van der Waals surface area contributed by atoms with Gasteiger partial charge >= 0.3 is 5.97 Å². The van der Waals surface area contributed by atoms with E-state index in [0.29, 0.717) is 11.1 Å². The molecule has 0 saturated heterocycles. The monoisotopic (exact) mass is 540 g/mol. The van der Waals surface area contributed by atoms with Gasteiger partial charge in [0.25, 0.3) is 5.91 Å². The van der Waals surface area contributed by atoms with Crippen LogP contribution in [0.1, 0.15) is 35.3 Å². The van der Waals surface area contributed by atoms with Gasteiger partial charge < -0.3 is 9.47 Å². The Hall–Kier alpha value is -3.77. The van der Waals surface area contributed by atoms with Crippen LogP contribution in [0.15, 0.2) is 58.1 Å². The van der Waals surface area contributed by atoms with Crippen molar-refractivity contribution in [3.63, 3.8) is 0 Å². The minimum atomic E-state index is -3.68. The fraction of sp³-hybridized carbons (Fsp3) is 0.240. The Morgan fingerprint density at radius 2 is 1.95 bits per heavy atom. The topological polar surface area (TPSA) is 139 Å². The number of nitrogens with zero attached hydrogens (tertiary/aromatic N) is 3. The number of hydrogen-bond acceptors (Lipinski definition) is 9. The average molecular weight is 541 g/mol. The lowest BCUT2D eigenvalue weighted by molar-refractivity contribution is -0.114. The second-order valence-electron chi connectivity index (χ2n) is 8.73. The third-order valence-corrected chi connectivity index (χ3v) is 8.64. The quantitative estimate of drug-likeness (QED) is 0.331. The van der Waals surface area contributed by atoms with Gasteiger partial charge in [0.15, 0.2) is 17.3 Å². The average Bonchev–Trinajstić information content (AvgIpc) is 3.27. The lowest BCUT2D eigenvalue weighted by Gasteiger charge is -2.20. The second-order valence-corrected chi connectivity index (χ2v) is 11.9. The van der Waals surface area contributed by atoms with Gasteiger partial charge in [-0.05, 0) is 60.5 Å². The van der Waals surface area contributed by atoms with Crippen LogP contribution < -0.4 is 9.47 Å². The van der Waals surface area contributed by atoms with Crippen molar-refractivity contribution < 1.29 is 27.5 Å². The number of methoxy groups -OCH3 is 1. The van der Waals surface area contributed by atoms with Gasteiger partial charge in [0.1, 0.15) is 0 Å². The summed E-state index contributed by atoms with van der Waals surface area (Å²) >= 11 is 0.753. The standard InChI is InChI=1S/C25H24N4O6S2/c1-14(2)13-37(32,33)25-28-29-21(26)18(22(30)27-24(29)36-25)11-16-8-9-19(20(12-16)34-4)35-23(31)17-7-5-6-15(3)10-17/h5-12,14,26H,13H2,1-4H3/b18-11-,26-21?. The first-order valence-corrected chi connectivity index (χ1v) is 13.6. The largest absolute Gasteiger partial charge is 0.493 e. The Kier molecular flexibility index (Phi) is 7.32. The Bertz CT molecular complexity index is 1510. The lowest BCUT2D eigenvalue weighted by atomic mass is 10.1. The second kappa shape index (κ2) is 10.3. The van der Waals surface area contributed by atoms with Crippen molar-refractivity contribution in [2.75, 3.05) is 12.9 Å². The maximum absolute atomic E-state index is 12.7. The number of aryl methyl sites for hydroxylation is 1. The Labute approximate surface area is 218 Å². The van der Waals surface area contributed by atoms with E-state index in [9.17, 15) is 18.0 Å². The number of amidine groups is 2. The molecule has 1 amide bonds. The highest BCUT2D eigenvalue weighted by molar-refractivity contribution is 8.42. The van der Waals surface area contributed by atoms with E-state index in [2.05, 4.69) is 10.1 Å². The molecule has 37 heavy (non-hydrogen) atoms. The molecule has 0 unspecified atom stereocenters. The van der Waals surface area contributed by atoms with Gasteiger partial charge in [-0.25, -0.2) is 13.2 Å². The smallest absolute Gasteiger partial charge is 0.343 e. The van der Waals surface area contributed by atoms with E-state index in [1.807, 2.05) is 13.0 Å². The van der Waals surface area contributed by atoms with Crippen LogP contribution in [0.4, 0.5) is 0 Å². The molecule has 0 atom stereocenters. The summed E-state index contributed by atoms with van der Waals surface area (Å²) in [4.78, 5) is 29.2. The zero-order valence-electron chi connectivity index (χ0n) is 20.5. The number of nitrogens with one attached hydrogen (secondary N) is 1. The number of carbonyl (C=O) groups excluding carboxylic acids is 2. The van der Waals surface area contributed by atoms with Gasteiger partial charge in [0.2, 0.25) is 19.4 Å². The number of hydrogen-bond donors (Lipinski definition) is 1. The highest BCUT2D eigenvalue weighted by Crippen LogP contribution is 2.33. The van der Waals surface area contributed by atoms with Gasteiger partial charge in [0, 0.05) is 0 Å². The minimum absolute atomic E-state index is 0.0190. The van der Waals surface area contributed by atoms with Crippen LogP contribution in [0.25, 0.3) is 6.08 Å². The molecule has 0 aliphatic carbocycles. The molecular weight excluding hydrogens is 516 g/mol. The summed E-state index contributed by atoms with van der Waals surface area (Å²) in [5, 5.41) is 13.6. The zero-order valence-corrected chi connectivity index (χ0v) is 22.1. The highest BCUT2D eigenvalue weighted by Gasteiger charge is 2.39. The predicted molar refractivity (Wildman–Crippen MR) is 143 cm³/mol. The molecule has 0 bridgehead atoms. The lowest BCUT2D eigenvalue weighted by Crippen LogP contribution is -2.35. The van der Waals surface area contributed by atoms with Crippen LogP contribution in [-0.2, 0) is 14.6 Å². The number of esters is 1. The number of thioether (sulfide) groups is 1. The van der Waals surface area contributed by atoms with Crippen LogP contribution in [-0.4, -0.2) is 53.5 Å². The van der Waals surface area contributed by atoms with Gasteiger partial charge in [-0.15, -0.1) is 5.10 Å². The van der Waals surface area contributed by atoms with E-state index in [-0.39, 0.29) is 44.1 Å². The first kappa shape index (κ1) is 26.3. The molecule has 2 aliphatic rings. The summed E-state index contributed by atoms with van der Waals surface area (Å²) in [6.07, 6.45) is 1.42. The SMILES string of the molecule is COc1cc(/C=C2/C(=N)N3N=C(S(=O)(=O)CC(C)C)SC3=NC2=O)ccc1OC(=O)c1cccc(C)c1. The molecule has 10 nitrogen and oxygen atoms in total. The van der Waals surface area contributed by atoms with Crippen molar-refractivity contribution in [3.05, 3.63) is 64.7 Å². The summed E-state index contributed by atoms with van der Waals surface area (Å²) in [5.74, 6) is -1.34. The Morgan fingerprint density at radius 3 is 2.62 bits per heavy atom. The van der Waals surface area contributed by atoms with Crippen molar-refractivity contribution in [2.45, 2.75) is 20.8 Å². The van der Waals surface area contributed by atoms with Crippen molar-refractivity contribution in [3.8, 4) is 11.5 Å². The summed E-state index contributed by atoms with van der Waals surface area (Å²) in [7, 11) is -2.26. The van der Waals surface area contributed by atoms with Gasteiger partial charge in [-0.3, -0.25) is 10.2 Å². The third-order valence-electron chi connectivity index (χ3n) is 5.21. The molecule has 0 radical (unpaired) electrons. The Morgan fingerprint density at radius 1 is 1.19 bits per heavy atom. The molecule has 2 aromatic rings. The summed E-state index contributed by atoms with van der Waals surface area (Å²) in [6.45, 7) is 5.42. The molecule has 0 spiro atoms. The van der Waals surface area contributed by atoms with Crippen LogP contribution >= 0.6 is 11.8 Å². The summed E-state index contributed by atoms with van der Waals surface area (Å²) in [5.41, 5.74) is 1.70. The number of ether oxygens (including phenoxy) is 2. The summed E-state index contributed by atoms with van der Waals surface area (Å²) in [6, 6.07) is 11.6. The molecule has 0 saturated carbocycles. The van der Waals surface area contributed by atoms with Gasteiger partial charge in [-0.1, -0.05) is 37.6 Å². The van der Waals surface area contributed by atoms with Crippen LogP contribution in [0.5, 0.6) is 11.5 Å². The van der Waals surface area contributed by atoms with E-state index < -0.39 is 21.7 Å². The van der Waals surface area contributed by atoms with E-state index in [4.69, 9.17) is 14.9 Å². The maximum atomic E-state index is 12.7. The summed E-state index contributed by atoms with van der Waals surface area (Å²) < 4.78 is 35.8. The number of rotatable bonds is 6. The molecule has 1 N–H and O–H groups in total.